The number of rotatable bonds is 2. The van der Waals surface area contributed by atoms with Crippen LogP contribution < -0.4 is 0 Å². The summed E-state index contributed by atoms with van der Waals surface area (Å²) in [5.74, 6) is 0. The van der Waals surface area contributed by atoms with Crippen molar-refractivity contribution in [1.29, 1.82) is 0 Å². The Bertz CT molecular complexity index is 613. The molecule has 0 spiro atoms. The summed E-state index contributed by atoms with van der Waals surface area (Å²) in [6, 6.07) is 13.0. The quantitative estimate of drug-likeness (QED) is 0.800. The van der Waals surface area contributed by atoms with Gasteiger partial charge in [-0.15, -0.1) is 0 Å². The van der Waals surface area contributed by atoms with Gasteiger partial charge in [-0.3, -0.25) is 0 Å². The molecule has 0 heterocycles. The second kappa shape index (κ2) is 3.91. The molecule has 84 valence electrons. The van der Waals surface area contributed by atoms with Crippen molar-refractivity contribution in [1.82, 2.24) is 0 Å². The third-order valence-corrected chi connectivity index (χ3v) is 4.82. The van der Waals surface area contributed by atoms with E-state index in [1.165, 1.54) is 0 Å². The van der Waals surface area contributed by atoms with E-state index in [4.69, 9.17) is 0 Å². The Kier molecular flexibility index (Phi) is 2.72. The SMILES string of the molecule is CC(C)S(=O)(=O)c1ccc2ccccc2c1. The standard InChI is InChI=1S/C13H14O2S/c1-10(2)16(14,15)13-8-7-11-5-3-4-6-12(11)9-13/h3-10H,1-2H3. The van der Waals surface area contributed by atoms with Crippen LogP contribution in [0.1, 0.15) is 13.8 Å². The Morgan fingerprint density at radius 3 is 2.19 bits per heavy atom. The van der Waals surface area contributed by atoms with Crippen molar-refractivity contribution in [2.75, 3.05) is 0 Å². The third-order valence-electron chi connectivity index (χ3n) is 2.67. The van der Waals surface area contributed by atoms with Crippen LogP contribution in [0.25, 0.3) is 10.8 Å². The van der Waals surface area contributed by atoms with Crippen molar-refractivity contribution >= 4 is 20.6 Å². The first kappa shape index (κ1) is 11.1. The minimum absolute atomic E-state index is 0.381. The monoisotopic (exact) mass is 234 g/mol. The molecule has 0 N–H and O–H groups in total. The van der Waals surface area contributed by atoms with E-state index in [9.17, 15) is 8.42 Å². The minimum atomic E-state index is -3.17. The Morgan fingerprint density at radius 1 is 0.938 bits per heavy atom. The van der Waals surface area contributed by atoms with Gasteiger partial charge in [-0.1, -0.05) is 30.3 Å². The highest BCUT2D eigenvalue weighted by atomic mass is 32.2. The van der Waals surface area contributed by atoms with Crippen molar-refractivity contribution in [3.63, 3.8) is 0 Å². The smallest absolute Gasteiger partial charge is 0.180 e. The minimum Gasteiger partial charge on any atom is -0.223 e. The van der Waals surface area contributed by atoms with Crippen LogP contribution in [0.2, 0.25) is 0 Å². The van der Waals surface area contributed by atoms with Crippen LogP contribution in [0.3, 0.4) is 0 Å². The van der Waals surface area contributed by atoms with E-state index in [0.717, 1.165) is 10.8 Å². The lowest BCUT2D eigenvalue weighted by atomic mass is 10.1. The zero-order valence-electron chi connectivity index (χ0n) is 9.34. The summed E-state index contributed by atoms with van der Waals surface area (Å²) < 4.78 is 24.0. The molecule has 2 aromatic rings. The molecule has 0 saturated heterocycles. The maximum atomic E-state index is 12.0. The maximum Gasteiger partial charge on any atom is 0.180 e. The molecular formula is C13H14O2S. The molecule has 2 nitrogen and oxygen atoms in total. The van der Waals surface area contributed by atoms with Crippen LogP contribution in [0.4, 0.5) is 0 Å². The van der Waals surface area contributed by atoms with Crippen molar-refractivity contribution in [3.8, 4) is 0 Å². The number of benzene rings is 2. The number of fused-ring (bicyclic) bond motifs is 1. The second-order valence-electron chi connectivity index (χ2n) is 4.10. The first-order chi connectivity index (χ1) is 7.51. The zero-order chi connectivity index (χ0) is 11.8. The molecule has 0 unspecified atom stereocenters. The molecule has 0 atom stereocenters. The van der Waals surface area contributed by atoms with Gasteiger partial charge in [0.1, 0.15) is 0 Å². The molecule has 0 radical (unpaired) electrons. The molecule has 2 rings (SSSR count). The molecule has 3 heteroatoms. The van der Waals surface area contributed by atoms with Gasteiger partial charge in [0.15, 0.2) is 9.84 Å². The van der Waals surface area contributed by atoms with Crippen LogP contribution in [0.15, 0.2) is 47.4 Å². The van der Waals surface area contributed by atoms with E-state index in [0.29, 0.717) is 4.90 Å². The van der Waals surface area contributed by atoms with Crippen molar-refractivity contribution in [2.24, 2.45) is 0 Å². The van der Waals surface area contributed by atoms with E-state index in [1.807, 2.05) is 30.3 Å². The highest BCUT2D eigenvalue weighted by molar-refractivity contribution is 7.92. The lowest BCUT2D eigenvalue weighted by molar-refractivity contribution is 0.587. The fraction of sp³-hybridized carbons (Fsp3) is 0.231. The summed E-state index contributed by atoms with van der Waals surface area (Å²) in [5, 5.41) is 1.64. The van der Waals surface area contributed by atoms with Gasteiger partial charge >= 0.3 is 0 Å². The van der Waals surface area contributed by atoms with Crippen LogP contribution >= 0.6 is 0 Å². The normalized spacial score (nSPS) is 12.2. The largest absolute Gasteiger partial charge is 0.223 e. The van der Waals surface area contributed by atoms with Gasteiger partial charge in [0, 0.05) is 0 Å². The molecule has 0 aliphatic carbocycles. The molecule has 2 aromatic carbocycles. The molecule has 0 aromatic heterocycles. The molecular weight excluding hydrogens is 220 g/mol. The predicted octanol–water partition coefficient (Wildman–Crippen LogP) is 3.02. The van der Waals surface area contributed by atoms with Crippen LogP contribution in [-0.4, -0.2) is 13.7 Å². The van der Waals surface area contributed by atoms with E-state index in [-0.39, 0.29) is 5.25 Å². The first-order valence-corrected chi connectivity index (χ1v) is 6.79. The molecule has 0 aliphatic heterocycles. The Balaban J connectivity index is 2.65. The Labute approximate surface area is 95.8 Å². The number of sulfone groups is 1. The van der Waals surface area contributed by atoms with E-state index in [2.05, 4.69) is 0 Å². The molecule has 16 heavy (non-hydrogen) atoms. The average molecular weight is 234 g/mol. The van der Waals surface area contributed by atoms with Gasteiger partial charge in [0.25, 0.3) is 0 Å². The highest BCUT2D eigenvalue weighted by Gasteiger charge is 2.18. The molecule has 0 saturated carbocycles. The molecule has 0 fully saturated rings. The molecule has 0 amide bonds. The summed E-state index contributed by atoms with van der Waals surface area (Å²) in [6.07, 6.45) is 0. The van der Waals surface area contributed by atoms with Gasteiger partial charge < -0.3 is 0 Å². The zero-order valence-corrected chi connectivity index (χ0v) is 10.2. The predicted molar refractivity (Wildman–Crippen MR) is 66.3 cm³/mol. The number of hydrogen-bond acceptors (Lipinski definition) is 2. The van der Waals surface area contributed by atoms with Crippen LogP contribution in [0, 0.1) is 0 Å². The van der Waals surface area contributed by atoms with Gasteiger partial charge in [-0.05, 0) is 36.8 Å². The summed E-state index contributed by atoms with van der Waals surface area (Å²) in [4.78, 5) is 0.404. The highest BCUT2D eigenvalue weighted by Crippen LogP contribution is 2.21. The Hall–Kier alpha value is -1.35. The van der Waals surface area contributed by atoms with E-state index < -0.39 is 9.84 Å². The van der Waals surface area contributed by atoms with Crippen molar-refractivity contribution in [2.45, 2.75) is 24.0 Å². The van der Waals surface area contributed by atoms with Gasteiger partial charge in [-0.2, -0.15) is 0 Å². The van der Waals surface area contributed by atoms with Gasteiger partial charge in [-0.25, -0.2) is 8.42 Å². The summed E-state index contributed by atoms with van der Waals surface area (Å²) in [7, 11) is -3.17. The summed E-state index contributed by atoms with van der Waals surface area (Å²) in [5.41, 5.74) is 0. The Morgan fingerprint density at radius 2 is 1.56 bits per heavy atom. The second-order valence-corrected chi connectivity index (χ2v) is 6.61. The van der Waals surface area contributed by atoms with Crippen molar-refractivity contribution < 1.29 is 8.42 Å². The molecule has 0 aliphatic rings. The fourth-order valence-electron chi connectivity index (χ4n) is 1.62. The van der Waals surface area contributed by atoms with Gasteiger partial charge in [0.2, 0.25) is 0 Å². The van der Waals surface area contributed by atoms with E-state index in [1.54, 1.807) is 26.0 Å². The topological polar surface area (TPSA) is 34.1 Å². The van der Waals surface area contributed by atoms with Crippen LogP contribution in [0.5, 0.6) is 0 Å². The lowest BCUT2D eigenvalue weighted by Crippen LogP contribution is -2.13. The fourth-order valence-corrected chi connectivity index (χ4v) is 2.71. The van der Waals surface area contributed by atoms with E-state index >= 15 is 0 Å². The van der Waals surface area contributed by atoms with Crippen molar-refractivity contribution in [3.05, 3.63) is 42.5 Å². The van der Waals surface area contributed by atoms with Crippen LogP contribution in [-0.2, 0) is 9.84 Å². The van der Waals surface area contributed by atoms with Gasteiger partial charge in [0.05, 0.1) is 10.1 Å². The maximum absolute atomic E-state index is 12.0. The first-order valence-electron chi connectivity index (χ1n) is 5.24. The summed E-state index contributed by atoms with van der Waals surface area (Å²) >= 11 is 0. The third kappa shape index (κ3) is 1.83. The lowest BCUT2D eigenvalue weighted by Gasteiger charge is -2.08. The summed E-state index contributed by atoms with van der Waals surface area (Å²) in [6.45, 7) is 3.40. The number of hydrogen-bond donors (Lipinski definition) is 0. The average Bonchev–Trinajstić information content (AvgIpc) is 2.28. The molecule has 0 bridgehead atoms.